The van der Waals surface area contributed by atoms with Gasteiger partial charge >= 0.3 is 0 Å². The highest BCUT2D eigenvalue weighted by atomic mass is 16.5. The molecule has 1 aromatic carbocycles. The van der Waals surface area contributed by atoms with Gasteiger partial charge in [0.1, 0.15) is 5.75 Å². The third kappa shape index (κ3) is 2.17. The van der Waals surface area contributed by atoms with Crippen molar-refractivity contribution in [3.63, 3.8) is 0 Å². The van der Waals surface area contributed by atoms with Crippen molar-refractivity contribution in [1.29, 1.82) is 0 Å². The number of methoxy groups -OCH3 is 2. The monoisotopic (exact) mass is 232 g/mol. The maximum absolute atomic E-state index is 5.18. The van der Waals surface area contributed by atoms with Crippen molar-refractivity contribution < 1.29 is 9.47 Å². The van der Waals surface area contributed by atoms with Crippen molar-refractivity contribution in [2.75, 3.05) is 14.2 Å². The summed E-state index contributed by atoms with van der Waals surface area (Å²) in [4.78, 5) is 0. The summed E-state index contributed by atoms with van der Waals surface area (Å²) >= 11 is 0. The Hall–Kier alpha value is -1.44. The Kier molecular flexibility index (Phi) is 3.14. The maximum atomic E-state index is 5.18. The van der Waals surface area contributed by atoms with Crippen molar-refractivity contribution in [1.82, 2.24) is 0 Å². The van der Waals surface area contributed by atoms with Crippen LogP contribution in [0.3, 0.4) is 0 Å². The molecule has 0 aromatic heterocycles. The van der Waals surface area contributed by atoms with Crippen LogP contribution < -0.4 is 4.74 Å². The van der Waals surface area contributed by atoms with Crippen LogP contribution in [0.1, 0.15) is 25.3 Å². The van der Waals surface area contributed by atoms with Gasteiger partial charge in [-0.1, -0.05) is 26.0 Å². The van der Waals surface area contributed by atoms with Gasteiger partial charge in [0.2, 0.25) is 0 Å². The van der Waals surface area contributed by atoms with E-state index in [1.165, 1.54) is 5.56 Å². The quantitative estimate of drug-likeness (QED) is 0.738. The average Bonchev–Trinajstić information content (AvgIpc) is 2.88. The summed E-state index contributed by atoms with van der Waals surface area (Å²) in [6.07, 6.45) is 3.95. The first kappa shape index (κ1) is 12.0. The summed E-state index contributed by atoms with van der Waals surface area (Å²) in [7, 11) is 3.38. The lowest BCUT2D eigenvalue weighted by molar-refractivity contribution is 0.335. The van der Waals surface area contributed by atoms with Gasteiger partial charge in [-0.25, -0.2) is 0 Å². The van der Waals surface area contributed by atoms with E-state index in [9.17, 15) is 0 Å². The highest BCUT2D eigenvalue weighted by Crippen LogP contribution is 2.65. The van der Waals surface area contributed by atoms with Gasteiger partial charge in [-0.2, -0.15) is 0 Å². The molecule has 2 nitrogen and oxygen atoms in total. The molecule has 2 heteroatoms. The minimum absolute atomic E-state index is 0.323. The van der Waals surface area contributed by atoms with E-state index in [4.69, 9.17) is 9.47 Å². The fourth-order valence-electron chi connectivity index (χ4n) is 2.65. The van der Waals surface area contributed by atoms with Crippen molar-refractivity contribution in [3.8, 4) is 5.75 Å². The van der Waals surface area contributed by atoms with Crippen LogP contribution in [0.5, 0.6) is 5.75 Å². The Morgan fingerprint density at radius 2 is 1.76 bits per heavy atom. The van der Waals surface area contributed by atoms with E-state index < -0.39 is 0 Å². The summed E-state index contributed by atoms with van der Waals surface area (Å²) in [5.74, 6) is 2.06. The predicted octanol–water partition coefficient (Wildman–Crippen LogP) is 3.59. The van der Waals surface area contributed by atoms with E-state index in [2.05, 4.69) is 32.1 Å². The summed E-state index contributed by atoms with van der Waals surface area (Å²) in [6.45, 7) is 4.60. The van der Waals surface area contributed by atoms with Crippen molar-refractivity contribution in [2.45, 2.75) is 19.8 Å². The first-order valence-corrected chi connectivity index (χ1v) is 5.94. The molecule has 0 heterocycles. The molecular formula is C15H20O2. The van der Waals surface area contributed by atoms with E-state index in [1.807, 2.05) is 12.1 Å². The lowest BCUT2D eigenvalue weighted by atomic mass is 10.0. The van der Waals surface area contributed by atoms with Gasteiger partial charge in [-0.3, -0.25) is 0 Å². The van der Waals surface area contributed by atoms with Gasteiger partial charge in [0.15, 0.2) is 0 Å². The topological polar surface area (TPSA) is 18.5 Å². The molecule has 17 heavy (non-hydrogen) atoms. The summed E-state index contributed by atoms with van der Waals surface area (Å²) < 4.78 is 10.2. The largest absolute Gasteiger partial charge is 0.505 e. The smallest absolute Gasteiger partial charge is 0.118 e. The third-order valence-corrected chi connectivity index (χ3v) is 3.81. The van der Waals surface area contributed by atoms with E-state index >= 15 is 0 Å². The number of hydrogen-bond donors (Lipinski definition) is 0. The van der Waals surface area contributed by atoms with Crippen LogP contribution in [0.15, 0.2) is 36.6 Å². The van der Waals surface area contributed by atoms with Crippen LogP contribution in [0.25, 0.3) is 0 Å². The molecule has 0 N–H and O–H groups in total. The summed E-state index contributed by atoms with van der Waals surface area (Å²) in [5.41, 5.74) is 1.70. The number of hydrogen-bond acceptors (Lipinski definition) is 2. The third-order valence-electron chi connectivity index (χ3n) is 3.81. The van der Waals surface area contributed by atoms with Gasteiger partial charge in [0.25, 0.3) is 0 Å². The van der Waals surface area contributed by atoms with Crippen molar-refractivity contribution in [3.05, 3.63) is 42.2 Å². The van der Waals surface area contributed by atoms with Crippen LogP contribution >= 0.6 is 0 Å². The predicted molar refractivity (Wildman–Crippen MR) is 69.2 cm³/mol. The molecule has 0 bridgehead atoms. The fraction of sp³-hybridized carbons (Fsp3) is 0.467. The van der Waals surface area contributed by atoms with Gasteiger partial charge in [-0.15, -0.1) is 0 Å². The Morgan fingerprint density at radius 1 is 1.12 bits per heavy atom. The standard InChI is InChI=1S/C15H20O2/c1-15(2)13(9-10-16-3)14(15)11-5-7-12(17-4)8-6-11/h5-10,13-14H,1-4H3/b10-9-. The highest BCUT2D eigenvalue weighted by molar-refractivity contribution is 5.37. The number of ether oxygens (including phenoxy) is 2. The molecule has 1 saturated carbocycles. The Balaban J connectivity index is 2.15. The second kappa shape index (κ2) is 4.44. The van der Waals surface area contributed by atoms with E-state index in [1.54, 1.807) is 20.5 Å². The minimum atomic E-state index is 0.323. The maximum Gasteiger partial charge on any atom is 0.118 e. The van der Waals surface area contributed by atoms with Crippen LogP contribution in [-0.4, -0.2) is 14.2 Å². The number of benzene rings is 1. The molecular weight excluding hydrogens is 212 g/mol. The molecule has 0 amide bonds. The molecule has 1 aliphatic rings. The fourth-order valence-corrected chi connectivity index (χ4v) is 2.65. The molecule has 2 atom stereocenters. The van der Waals surface area contributed by atoms with Crippen molar-refractivity contribution >= 4 is 0 Å². The normalized spacial score (nSPS) is 25.9. The molecule has 2 unspecified atom stereocenters. The number of allylic oxidation sites excluding steroid dienone is 1. The Bertz CT molecular complexity index is 403. The number of rotatable bonds is 4. The molecule has 0 saturated heterocycles. The van der Waals surface area contributed by atoms with Gasteiger partial charge in [0.05, 0.1) is 20.5 Å². The SMILES string of the molecule is CO/C=C\C1C(c2ccc(OC)cc2)C1(C)C. The van der Waals surface area contributed by atoms with Gasteiger partial charge < -0.3 is 9.47 Å². The first-order chi connectivity index (χ1) is 8.11. The van der Waals surface area contributed by atoms with Crippen LogP contribution in [0.2, 0.25) is 0 Å². The average molecular weight is 232 g/mol. The second-order valence-corrected chi connectivity index (χ2v) is 5.16. The lowest BCUT2D eigenvalue weighted by Crippen LogP contribution is -1.90. The molecule has 1 fully saturated rings. The molecule has 1 aromatic rings. The van der Waals surface area contributed by atoms with Crippen LogP contribution in [-0.2, 0) is 4.74 Å². The highest BCUT2D eigenvalue weighted by Gasteiger charge is 2.56. The van der Waals surface area contributed by atoms with Gasteiger partial charge in [-0.05, 0) is 41.0 Å². The first-order valence-electron chi connectivity index (χ1n) is 5.94. The van der Waals surface area contributed by atoms with E-state index in [0.717, 1.165) is 5.75 Å². The Morgan fingerprint density at radius 3 is 2.29 bits per heavy atom. The molecule has 1 aliphatic carbocycles. The zero-order chi connectivity index (χ0) is 12.5. The van der Waals surface area contributed by atoms with Crippen LogP contribution in [0.4, 0.5) is 0 Å². The molecule has 0 aliphatic heterocycles. The Labute approximate surface area is 103 Å². The van der Waals surface area contributed by atoms with E-state index in [0.29, 0.717) is 17.3 Å². The lowest BCUT2D eigenvalue weighted by Gasteiger charge is -2.04. The molecule has 0 radical (unpaired) electrons. The second-order valence-electron chi connectivity index (χ2n) is 5.16. The zero-order valence-electron chi connectivity index (χ0n) is 10.9. The zero-order valence-corrected chi connectivity index (χ0v) is 10.9. The molecule has 2 rings (SSSR count). The summed E-state index contributed by atoms with van der Waals surface area (Å²) in [6, 6.07) is 8.37. The molecule has 92 valence electrons. The van der Waals surface area contributed by atoms with Gasteiger partial charge in [0, 0.05) is 0 Å². The summed E-state index contributed by atoms with van der Waals surface area (Å²) in [5, 5.41) is 0. The van der Waals surface area contributed by atoms with E-state index in [-0.39, 0.29) is 0 Å². The molecule has 0 spiro atoms. The minimum Gasteiger partial charge on any atom is -0.505 e. The van der Waals surface area contributed by atoms with Crippen LogP contribution in [0, 0.1) is 11.3 Å². The van der Waals surface area contributed by atoms with Crippen molar-refractivity contribution in [2.24, 2.45) is 11.3 Å².